The maximum Gasteiger partial charge on any atom is 0.248 e. The molecule has 0 atom stereocenters. The molecule has 0 aliphatic heterocycles. The number of carbonyl (C=O) groups is 1. The zero-order chi connectivity index (χ0) is 14.7. The van der Waals surface area contributed by atoms with Crippen molar-refractivity contribution in [3.63, 3.8) is 0 Å². The molecular formula is C15H19N3O2. The molecular weight excluding hydrogens is 254 g/mol. The number of hydrogen-bond donors (Lipinski definition) is 1. The van der Waals surface area contributed by atoms with Crippen LogP contribution in [0.15, 0.2) is 30.3 Å². The molecule has 20 heavy (non-hydrogen) atoms. The number of likely N-dealkylation sites (N-methyl/N-ethyl adjacent to an activating group) is 1. The van der Waals surface area contributed by atoms with Crippen molar-refractivity contribution in [3.8, 4) is 5.75 Å². The van der Waals surface area contributed by atoms with Gasteiger partial charge < -0.3 is 10.0 Å². The molecule has 0 bridgehead atoms. The van der Waals surface area contributed by atoms with Gasteiger partial charge in [-0.25, -0.2) is 0 Å². The van der Waals surface area contributed by atoms with Crippen LogP contribution >= 0.6 is 0 Å². The maximum atomic E-state index is 12.4. The third-order valence-corrected chi connectivity index (χ3v) is 3.15. The van der Waals surface area contributed by atoms with Gasteiger partial charge in [0.15, 0.2) is 0 Å². The Morgan fingerprint density at radius 1 is 1.35 bits per heavy atom. The average Bonchev–Trinajstić information content (AvgIpc) is 2.68. The van der Waals surface area contributed by atoms with Crippen molar-refractivity contribution in [2.45, 2.75) is 27.3 Å². The van der Waals surface area contributed by atoms with Crippen LogP contribution in [0.5, 0.6) is 5.75 Å². The molecule has 1 amide bonds. The molecule has 2 rings (SSSR count). The lowest BCUT2D eigenvalue weighted by molar-refractivity contribution is -0.119. The second-order valence-electron chi connectivity index (χ2n) is 4.74. The average molecular weight is 273 g/mol. The summed E-state index contributed by atoms with van der Waals surface area (Å²) in [6, 6.07) is 8.65. The summed E-state index contributed by atoms with van der Waals surface area (Å²) in [6.45, 7) is 6.48. The highest BCUT2D eigenvalue weighted by Gasteiger charge is 2.16. The van der Waals surface area contributed by atoms with Crippen LogP contribution in [0.3, 0.4) is 0 Å². The van der Waals surface area contributed by atoms with Gasteiger partial charge in [0.25, 0.3) is 0 Å². The quantitative estimate of drug-likeness (QED) is 0.929. The van der Waals surface area contributed by atoms with Crippen molar-refractivity contribution in [2.75, 3.05) is 11.4 Å². The molecule has 0 fully saturated rings. The van der Waals surface area contributed by atoms with Crippen molar-refractivity contribution in [2.24, 2.45) is 0 Å². The topological polar surface area (TPSA) is 58.4 Å². The zero-order valence-electron chi connectivity index (χ0n) is 12.0. The molecule has 0 saturated carbocycles. The third-order valence-electron chi connectivity index (χ3n) is 3.15. The number of benzene rings is 1. The van der Waals surface area contributed by atoms with Crippen LogP contribution in [0, 0.1) is 13.8 Å². The van der Waals surface area contributed by atoms with E-state index in [4.69, 9.17) is 0 Å². The summed E-state index contributed by atoms with van der Waals surface area (Å²) >= 11 is 0. The van der Waals surface area contributed by atoms with Gasteiger partial charge in [-0.15, -0.1) is 0 Å². The first-order chi connectivity index (χ1) is 9.51. The Kier molecular flexibility index (Phi) is 4.08. The molecule has 0 aliphatic carbocycles. The number of amides is 1. The van der Waals surface area contributed by atoms with Crippen LogP contribution in [-0.2, 0) is 11.3 Å². The second-order valence-corrected chi connectivity index (χ2v) is 4.74. The van der Waals surface area contributed by atoms with Crippen molar-refractivity contribution in [3.05, 3.63) is 41.7 Å². The number of phenolic OH excluding ortho intramolecular Hbond substituents is 1. The highest BCUT2D eigenvalue weighted by Crippen LogP contribution is 2.20. The van der Waals surface area contributed by atoms with E-state index in [1.807, 2.05) is 32.9 Å². The fourth-order valence-corrected chi connectivity index (χ4v) is 2.21. The highest BCUT2D eigenvalue weighted by atomic mass is 16.3. The van der Waals surface area contributed by atoms with E-state index < -0.39 is 0 Å². The minimum absolute atomic E-state index is 0.0516. The molecule has 1 N–H and O–H groups in total. The van der Waals surface area contributed by atoms with E-state index in [-0.39, 0.29) is 18.2 Å². The Bertz CT molecular complexity index is 619. The second kappa shape index (κ2) is 5.77. The minimum atomic E-state index is -0.0516. The predicted molar refractivity (Wildman–Crippen MR) is 77.8 cm³/mol. The van der Waals surface area contributed by atoms with Crippen LogP contribution < -0.4 is 4.90 Å². The minimum Gasteiger partial charge on any atom is -0.508 e. The molecule has 1 aromatic carbocycles. The summed E-state index contributed by atoms with van der Waals surface area (Å²) in [5, 5.41) is 13.8. The number of nitrogens with zero attached hydrogens (tertiary/aromatic N) is 3. The van der Waals surface area contributed by atoms with Gasteiger partial charge in [0.2, 0.25) is 5.91 Å². The van der Waals surface area contributed by atoms with E-state index >= 15 is 0 Å². The van der Waals surface area contributed by atoms with Gasteiger partial charge in [0.05, 0.1) is 5.69 Å². The summed E-state index contributed by atoms with van der Waals surface area (Å²) in [6.07, 6.45) is 0. The Labute approximate surface area is 118 Å². The van der Waals surface area contributed by atoms with Crippen LogP contribution in [0.1, 0.15) is 18.3 Å². The summed E-state index contributed by atoms with van der Waals surface area (Å²) in [7, 11) is 0. The molecule has 0 saturated heterocycles. The largest absolute Gasteiger partial charge is 0.508 e. The molecule has 1 heterocycles. The fraction of sp³-hybridized carbons (Fsp3) is 0.333. The normalized spacial score (nSPS) is 10.6. The molecule has 2 aromatic rings. The van der Waals surface area contributed by atoms with Crippen LogP contribution in [0.25, 0.3) is 0 Å². The monoisotopic (exact) mass is 273 g/mol. The third kappa shape index (κ3) is 2.99. The summed E-state index contributed by atoms with van der Waals surface area (Å²) in [5.74, 6) is 0.101. The first-order valence-corrected chi connectivity index (χ1v) is 6.61. The Morgan fingerprint density at radius 3 is 2.65 bits per heavy atom. The molecule has 1 aromatic heterocycles. The number of anilines is 1. The maximum absolute atomic E-state index is 12.4. The fourth-order valence-electron chi connectivity index (χ4n) is 2.21. The highest BCUT2D eigenvalue weighted by molar-refractivity contribution is 5.93. The standard InChI is InChI=1S/C15H19N3O2/c1-4-17(13-6-5-7-14(19)9-13)15(20)10-18-12(3)8-11(2)16-18/h5-9,19H,4,10H2,1-3H3. The first-order valence-electron chi connectivity index (χ1n) is 6.61. The number of aryl methyl sites for hydroxylation is 2. The predicted octanol–water partition coefficient (Wildman–Crippen LogP) is 2.26. The van der Waals surface area contributed by atoms with Crippen molar-refractivity contribution in [1.82, 2.24) is 9.78 Å². The van der Waals surface area contributed by atoms with Gasteiger partial charge in [-0.2, -0.15) is 5.10 Å². The van der Waals surface area contributed by atoms with Crippen molar-refractivity contribution in [1.29, 1.82) is 0 Å². The van der Waals surface area contributed by atoms with Gasteiger partial charge in [0, 0.05) is 24.0 Å². The van der Waals surface area contributed by atoms with Crippen LogP contribution in [0.4, 0.5) is 5.69 Å². The van der Waals surface area contributed by atoms with Gasteiger partial charge in [-0.05, 0) is 39.0 Å². The zero-order valence-corrected chi connectivity index (χ0v) is 12.0. The van der Waals surface area contributed by atoms with E-state index in [0.29, 0.717) is 12.2 Å². The van der Waals surface area contributed by atoms with E-state index in [2.05, 4.69) is 5.10 Å². The summed E-state index contributed by atoms with van der Waals surface area (Å²) < 4.78 is 1.70. The number of carbonyl (C=O) groups excluding carboxylic acids is 1. The smallest absolute Gasteiger partial charge is 0.248 e. The SMILES string of the molecule is CCN(C(=O)Cn1nc(C)cc1C)c1cccc(O)c1. The van der Waals surface area contributed by atoms with Gasteiger partial charge >= 0.3 is 0 Å². The number of hydrogen-bond acceptors (Lipinski definition) is 3. The summed E-state index contributed by atoms with van der Waals surface area (Å²) in [4.78, 5) is 14.0. The van der Waals surface area contributed by atoms with E-state index in [1.165, 1.54) is 0 Å². The molecule has 0 aliphatic rings. The van der Waals surface area contributed by atoms with Gasteiger partial charge in [-0.3, -0.25) is 9.48 Å². The van der Waals surface area contributed by atoms with Gasteiger partial charge in [0.1, 0.15) is 12.3 Å². The molecule has 0 spiro atoms. The Hall–Kier alpha value is -2.30. The number of phenols is 1. The summed E-state index contributed by atoms with van der Waals surface area (Å²) in [5.41, 5.74) is 2.55. The first kappa shape index (κ1) is 14.1. The Balaban J connectivity index is 2.19. The van der Waals surface area contributed by atoms with Crippen molar-refractivity contribution >= 4 is 11.6 Å². The molecule has 0 radical (unpaired) electrons. The Morgan fingerprint density at radius 2 is 2.10 bits per heavy atom. The lowest BCUT2D eigenvalue weighted by atomic mass is 10.2. The van der Waals surface area contributed by atoms with Crippen molar-refractivity contribution < 1.29 is 9.90 Å². The van der Waals surface area contributed by atoms with E-state index in [9.17, 15) is 9.90 Å². The number of rotatable bonds is 4. The van der Waals surface area contributed by atoms with Gasteiger partial charge in [-0.1, -0.05) is 6.07 Å². The van der Waals surface area contributed by atoms with Crippen LogP contribution in [0.2, 0.25) is 0 Å². The lowest BCUT2D eigenvalue weighted by Crippen LogP contribution is -2.34. The van der Waals surface area contributed by atoms with Crippen LogP contribution in [-0.4, -0.2) is 27.3 Å². The number of aromatic hydroxyl groups is 1. The molecule has 0 unspecified atom stereocenters. The van der Waals surface area contributed by atoms with E-state index in [1.54, 1.807) is 27.8 Å². The molecule has 5 heteroatoms. The lowest BCUT2D eigenvalue weighted by Gasteiger charge is -2.21. The molecule has 106 valence electrons. The molecule has 5 nitrogen and oxygen atoms in total. The van der Waals surface area contributed by atoms with E-state index in [0.717, 1.165) is 11.4 Å². The number of aromatic nitrogens is 2.